The van der Waals surface area contributed by atoms with Crippen LogP contribution in [-0.4, -0.2) is 17.6 Å². The molecule has 0 radical (unpaired) electrons. The van der Waals surface area contributed by atoms with E-state index in [1.165, 1.54) is 11.0 Å². The van der Waals surface area contributed by atoms with Crippen LogP contribution in [0.1, 0.15) is 22.3 Å². The fourth-order valence-electron chi connectivity index (χ4n) is 4.79. The van der Waals surface area contributed by atoms with Gasteiger partial charge in [0.25, 0.3) is 0 Å². The van der Waals surface area contributed by atoms with E-state index in [4.69, 9.17) is 0 Å². The number of imide groups is 1. The molecule has 0 N–H and O–H groups in total. The summed E-state index contributed by atoms with van der Waals surface area (Å²) >= 11 is 0. The average Bonchev–Trinajstić information content (AvgIpc) is 3.41. The fourth-order valence-corrected chi connectivity index (χ4v) is 4.79. The minimum absolute atomic E-state index is 0.0866. The van der Waals surface area contributed by atoms with E-state index in [2.05, 4.69) is 12.2 Å². The van der Waals surface area contributed by atoms with Gasteiger partial charge in [-0.2, -0.15) is 0 Å². The van der Waals surface area contributed by atoms with Gasteiger partial charge < -0.3 is 0 Å². The zero-order chi connectivity index (χ0) is 19.3. The van der Waals surface area contributed by atoms with Crippen LogP contribution in [0.25, 0.3) is 6.08 Å². The average molecular weight is 369 g/mol. The summed E-state index contributed by atoms with van der Waals surface area (Å²) in [6.07, 6.45) is 8.34. The Hall–Kier alpha value is -3.27. The Labute approximate surface area is 163 Å². The highest BCUT2D eigenvalue weighted by Gasteiger charge is 2.59. The van der Waals surface area contributed by atoms with E-state index in [1.54, 1.807) is 30.3 Å². The lowest BCUT2D eigenvalue weighted by atomic mass is 9.85. The molecule has 0 aromatic heterocycles. The first-order valence-corrected chi connectivity index (χ1v) is 9.57. The Bertz CT molecular complexity index is 1010. The van der Waals surface area contributed by atoms with Crippen LogP contribution in [-0.2, 0) is 9.59 Å². The third kappa shape index (κ3) is 2.56. The van der Waals surface area contributed by atoms with Gasteiger partial charge in [-0.15, -0.1) is 0 Å². The summed E-state index contributed by atoms with van der Waals surface area (Å²) in [5, 5.41) is 0. The van der Waals surface area contributed by atoms with Gasteiger partial charge in [0.15, 0.2) is 5.78 Å². The molecule has 1 saturated heterocycles. The van der Waals surface area contributed by atoms with Gasteiger partial charge in [-0.05, 0) is 42.0 Å². The number of rotatable bonds is 4. The summed E-state index contributed by atoms with van der Waals surface area (Å²) in [5.74, 6) is -0.285. The van der Waals surface area contributed by atoms with Crippen molar-refractivity contribution in [3.05, 3.63) is 84.0 Å². The zero-order valence-electron chi connectivity index (χ0n) is 15.2. The lowest BCUT2D eigenvalue weighted by molar-refractivity contribution is -0.123. The Balaban J connectivity index is 1.39. The second kappa shape index (κ2) is 6.41. The molecule has 1 saturated carbocycles. The van der Waals surface area contributed by atoms with Crippen LogP contribution in [0.4, 0.5) is 5.69 Å². The van der Waals surface area contributed by atoms with Crippen LogP contribution in [0, 0.1) is 23.7 Å². The minimum Gasteiger partial charge on any atom is -0.289 e. The van der Waals surface area contributed by atoms with Gasteiger partial charge >= 0.3 is 0 Å². The van der Waals surface area contributed by atoms with E-state index in [0.29, 0.717) is 11.3 Å². The van der Waals surface area contributed by atoms with E-state index in [1.807, 2.05) is 30.3 Å². The second-order valence-corrected chi connectivity index (χ2v) is 7.67. The molecule has 28 heavy (non-hydrogen) atoms. The summed E-state index contributed by atoms with van der Waals surface area (Å²) in [6.45, 7) is 0. The highest BCUT2D eigenvalue weighted by Crippen LogP contribution is 2.53. The van der Waals surface area contributed by atoms with Gasteiger partial charge in [0.1, 0.15) is 0 Å². The van der Waals surface area contributed by atoms with Gasteiger partial charge in [0.05, 0.1) is 17.5 Å². The molecule has 0 unspecified atom stereocenters. The number of benzene rings is 2. The van der Waals surface area contributed by atoms with Crippen molar-refractivity contribution in [2.24, 2.45) is 23.7 Å². The first kappa shape index (κ1) is 16.9. The lowest BCUT2D eigenvalue weighted by Gasteiger charge is -2.17. The molecule has 2 bridgehead atoms. The van der Waals surface area contributed by atoms with E-state index in [0.717, 1.165) is 12.0 Å². The van der Waals surface area contributed by atoms with Crippen molar-refractivity contribution in [1.82, 2.24) is 0 Å². The minimum atomic E-state index is -0.207. The third-order valence-corrected chi connectivity index (χ3v) is 6.08. The van der Waals surface area contributed by atoms with Gasteiger partial charge in [-0.1, -0.05) is 60.7 Å². The SMILES string of the molecule is O=C(/C=C/c1cccc(N2C(=O)[C@@H]3[C@@H](C2=O)[C@H]2C=C[C@@H]3C2)c1)c1ccccc1. The van der Waals surface area contributed by atoms with E-state index in [9.17, 15) is 14.4 Å². The standard InChI is InChI=1S/C24H19NO3/c26-20(16-6-2-1-3-7-16)12-9-15-5-4-8-19(13-15)25-23(27)21-17-10-11-18(14-17)22(21)24(25)28/h1-13,17-18,21-22H,14H2/b12-9+/t17-,18+,21-,22-/m0/s1. The molecule has 0 spiro atoms. The molecule has 2 aromatic carbocycles. The van der Waals surface area contributed by atoms with Crippen LogP contribution >= 0.6 is 0 Å². The molecule has 2 amide bonds. The van der Waals surface area contributed by atoms with E-state index < -0.39 is 0 Å². The summed E-state index contributed by atoms with van der Waals surface area (Å²) in [5.41, 5.74) is 1.98. The highest BCUT2D eigenvalue weighted by atomic mass is 16.2. The Kier molecular flexibility index (Phi) is 3.86. The highest BCUT2D eigenvalue weighted by molar-refractivity contribution is 6.23. The molecule has 1 heterocycles. The molecule has 4 heteroatoms. The third-order valence-electron chi connectivity index (χ3n) is 6.08. The zero-order valence-corrected chi connectivity index (χ0v) is 15.2. The Morgan fingerprint density at radius 2 is 1.57 bits per heavy atom. The molecule has 5 rings (SSSR count). The van der Waals surface area contributed by atoms with Gasteiger partial charge in [0, 0.05) is 5.56 Å². The maximum absolute atomic E-state index is 12.9. The second-order valence-electron chi connectivity index (χ2n) is 7.67. The van der Waals surface area contributed by atoms with Crippen molar-refractivity contribution in [1.29, 1.82) is 0 Å². The van der Waals surface area contributed by atoms with Gasteiger partial charge in [-0.25, -0.2) is 4.90 Å². The lowest BCUT2D eigenvalue weighted by Crippen LogP contribution is -2.32. The van der Waals surface area contributed by atoms with Crippen LogP contribution in [0.2, 0.25) is 0 Å². The number of allylic oxidation sites excluding steroid dienone is 3. The van der Waals surface area contributed by atoms with Gasteiger partial charge in [-0.3, -0.25) is 14.4 Å². The molecule has 3 aliphatic rings. The molecule has 4 atom stereocenters. The van der Waals surface area contributed by atoms with Crippen molar-refractivity contribution >= 4 is 29.4 Å². The summed E-state index contributed by atoms with van der Waals surface area (Å²) in [4.78, 5) is 39.5. The molecule has 2 aliphatic carbocycles. The van der Waals surface area contributed by atoms with Crippen molar-refractivity contribution in [2.45, 2.75) is 6.42 Å². The van der Waals surface area contributed by atoms with E-state index >= 15 is 0 Å². The van der Waals surface area contributed by atoms with Crippen molar-refractivity contribution in [2.75, 3.05) is 4.90 Å². The fraction of sp³-hybridized carbons (Fsp3) is 0.208. The molecular weight excluding hydrogens is 350 g/mol. The largest absolute Gasteiger partial charge is 0.289 e. The topological polar surface area (TPSA) is 54.5 Å². The maximum atomic E-state index is 12.9. The number of anilines is 1. The number of amides is 2. The van der Waals surface area contributed by atoms with Crippen LogP contribution in [0.15, 0.2) is 72.8 Å². The van der Waals surface area contributed by atoms with E-state index in [-0.39, 0.29) is 41.3 Å². The predicted molar refractivity (Wildman–Crippen MR) is 106 cm³/mol. The smallest absolute Gasteiger partial charge is 0.238 e. The summed E-state index contributed by atoms with van der Waals surface area (Å²) in [6, 6.07) is 16.3. The number of nitrogens with zero attached hydrogens (tertiary/aromatic N) is 1. The number of ketones is 1. The number of fused-ring (bicyclic) bond motifs is 5. The summed E-state index contributed by atoms with van der Waals surface area (Å²) < 4.78 is 0. The molecule has 2 fully saturated rings. The van der Waals surface area contributed by atoms with Crippen LogP contribution in [0.3, 0.4) is 0 Å². The normalized spacial score (nSPS) is 27.8. The number of carbonyl (C=O) groups is 3. The molecule has 2 aromatic rings. The molecule has 138 valence electrons. The van der Waals surface area contributed by atoms with Crippen molar-refractivity contribution in [3.63, 3.8) is 0 Å². The number of hydrogen-bond acceptors (Lipinski definition) is 3. The molecule has 4 nitrogen and oxygen atoms in total. The molecule has 1 aliphatic heterocycles. The Morgan fingerprint density at radius 1 is 0.893 bits per heavy atom. The van der Waals surface area contributed by atoms with Crippen molar-refractivity contribution < 1.29 is 14.4 Å². The van der Waals surface area contributed by atoms with Crippen LogP contribution < -0.4 is 4.90 Å². The number of carbonyl (C=O) groups excluding carboxylic acids is 3. The quantitative estimate of drug-likeness (QED) is 0.356. The summed E-state index contributed by atoms with van der Waals surface area (Å²) in [7, 11) is 0. The van der Waals surface area contributed by atoms with Gasteiger partial charge in [0.2, 0.25) is 11.8 Å². The predicted octanol–water partition coefficient (Wildman–Crippen LogP) is 3.89. The monoisotopic (exact) mass is 369 g/mol. The number of hydrogen-bond donors (Lipinski definition) is 0. The first-order chi connectivity index (χ1) is 13.6. The van der Waals surface area contributed by atoms with Crippen molar-refractivity contribution in [3.8, 4) is 0 Å². The van der Waals surface area contributed by atoms with Crippen LogP contribution in [0.5, 0.6) is 0 Å². The maximum Gasteiger partial charge on any atom is 0.238 e. The first-order valence-electron chi connectivity index (χ1n) is 9.57. The molecular formula is C24H19NO3. The Morgan fingerprint density at radius 3 is 2.25 bits per heavy atom.